The second kappa shape index (κ2) is 9.11. The SMILES string of the molecule is COCCN(C(=O)c1ncccc1C#CCCO)C(C)C. The van der Waals surface area contributed by atoms with Gasteiger partial charge < -0.3 is 14.7 Å². The maximum Gasteiger partial charge on any atom is 0.274 e. The number of ether oxygens (including phenoxy) is 1. The third kappa shape index (κ3) is 5.18. The molecule has 0 aliphatic rings. The number of carbonyl (C=O) groups excluding carboxylic acids is 1. The van der Waals surface area contributed by atoms with Gasteiger partial charge in [0.25, 0.3) is 5.91 Å². The first kappa shape index (κ1) is 17.2. The van der Waals surface area contributed by atoms with Crippen molar-refractivity contribution < 1.29 is 14.6 Å². The van der Waals surface area contributed by atoms with Gasteiger partial charge in [0.05, 0.1) is 18.8 Å². The lowest BCUT2D eigenvalue weighted by Gasteiger charge is -2.26. The second-order valence-corrected chi connectivity index (χ2v) is 4.76. The number of amides is 1. The third-order valence-electron chi connectivity index (χ3n) is 2.89. The Kier molecular flexibility index (Phi) is 7.44. The number of aromatic nitrogens is 1. The standard InChI is InChI=1S/C16H22N2O3/c1-13(2)18(10-12-21-3)16(20)15-14(7-4-5-11-19)8-6-9-17-15/h6,8-9,13,19H,5,10-12H2,1-3H3. The van der Waals surface area contributed by atoms with E-state index in [0.717, 1.165) is 0 Å². The molecule has 0 unspecified atom stereocenters. The van der Waals surface area contributed by atoms with Crippen molar-refractivity contribution >= 4 is 5.91 Å². The van der Waals surface area contributed by atoms with E-state index in [-0.39, 0.29) is 18.6 Å². The third-order valence-corrected chi connectivity index (χ3v) is 2.89. The van der Waals surface area contributed by atoms with Crippen LogP contribution < -0.4 is 0 Å². The number of nitrogens with zero attached hydrogens (tertiary/aromatic N) is 2. The van der Waals surface area contributed by atoms with Gasteiger partial charge in [0.1, 0.15) is 5.69 Å². The number of aliphatic hydroxyl groups is 1. The average Bonchev–Trinajstić information content (AvgIpc) is 2.48. The lowest BCUT2D eigenvalue weighted by Crippen LogP contribution is -2.40. The van der Waals surface area contributed by atoms with E-state index >= 15 is 0 Å². The maximum absolute atomic E-state index is 12.6. The van der Waals surface area contributed by atoms with Gasteiger partial charge in [-0.2, -0.15) is 0 Å². The van der Waals surface area contributed by atoms with Crippen molar-refractivity contribution in [3.8, 4) is 11.8 Å². The molecule has 5 heteroatoms. The summed E-state index contributed by atoms with van der Waals surface area (Å²) in [7, 11) is 1.61. The quantitative estimate of drug-likeness (QED) is 0.803. The summed E-state index contributed by atoms with van der Waals surface area (Å²) in [5.74, 6) is 5.56. The number of hydrogen-bond donors (Lipinski definition) is 1. The Bertz CT molecular complexity index is 518. The number of aliphatic hydroxyl groups excluding tert-OH is 1. The fourth-order valence-corrected chi connectivity index (χ4v) is 1.81. The first-order valence-corrected chi connectivity index (χ1v) is 6.96. The second-order valence-electron chi connectivity index (χ2n) is 4.76. The predicted octanol–water partition coefficient (Wildman–Crippen LogP) is 1.31. The molecule has 114 valence electrons. The Morgan fingerprint density at radius 3 is 2.90 bits per heavy atom. The minimum atomic E-state index is -0.157. The molecule has 0 spiro atoms. The molecular formula is C16H22N2O3. The molecule has 0 saturated carbocycles. The van der Waals surface area contributed by atoms with Crippen molar-refractivity contribution in [3.63, 3.8) is 0 Å². The number of carbonyl (C=O) groups is 1. The molecule has 1 heterocycles. The van der Waals surface area contributed by atoms with Crippen LogP contribution in [0.1, 0.15) is 36.3 Å². The molecule has 0 aliphatic carbocycles. The fraction of sp³-hybridized carbons (Fsp3) is 0.500. The van der Waals surface area contributed by atoms with E-state index in [2.05, 4.69) is 16.8 Å². The molecule has 1 amide bonds. The minimum absolute atomic E-state index is 0.00248. The van der Waals surface area contributed by atoms with E-state index in [1.807, 2.05) is 13.8 Å². The number of pyridine rings is 1. The van der Waals surface area contributed by atoms with Gasteiger partial charge in [-0.05, 0) is 26.0 Å². The molecule has 0 aliphatic heterocycles. The van der Waals surface area contributed by atoms with Crippen LogP contribution in [0.2, 0.25) is 0 Å². The van der Waals surface area contributed by atoms with Crippen molar-refractivity contribution in [1.29, 1.82) is 0 Å². The highest BCUT2D eigenvalue weighted by Crippen LogP contribution is 2.10. The summed E-state index contributed by atoms with van der Waals surface area (Å²) < 4.78 is 5.05. The molecule has 1 aromatic heterocycles. The van der Waals surface area contributed by atoms with Crippen LogP contribution in [-0.2, 0) is 4.74 Å². The van der Waals surface area contributed by atoms with Gasteiger partial charge in [0.15, 0.2) is 0 Å². The summed E-state index contributed by atoms with van der Waals surface area (Å²) in [6, 6.07) is 3.56. The van der Waals surface area contributed by atoms with Crippen molar-refractivity contribution in [2.45, 2.75) is 26.3 Å². The summed E-state index contributed by atoms with van der Waals surface area (Å²) in [6.07, 6.45) is 1.96. The number of rotatable bonds is 6. The molecule has 0 atom stereocenters. The van der Waals surface area contributed by atoms with Crippen LogP contribution >= 0.6 is 0 Å². The zero-order valence-electron chi connectivity index (χ0n) is 12.8. The summed E-state index contributed by atoms with van der Waals surface area (Å²) in [4.78, 5) is 18.5. The molecule has 0 bridgehead atoms. The highest BCUT2D eigenvalue weighted by atomic mass is 16.5. The predicted molar refractivity (Wildman–Crippen MR) is 80.9 cm³/mol. The van der Waals surface area contributed by atoms with Crippen molar-refractivity contribution in [2.24, 2.45) is 0 Å². The van der Waals surface area contributed by atoms with E-state index in [9.17, 15) is 4.79 Å². The Morgan fingerprint density at radius 2 is 2.29 bits per heavy atom. The monoisotopic (exact) mass is 290 g/mol. The van der Waals surface area contributed by atoms with Crippen LogP contribution in [0.5, 0.6) is 0 Å². The summed E-state index contributed by atoms with van der Waals surface area (Å²) in [5, 5.41) is 8.77. The molecule has 0 fully saturated rings. The summed E-state index contributed by atoms with van der Waals surface area (Å²) >= 11 is 0. The minimum Gasteiger partial charge on any atom is -0.395 e. The first-order chi connectivity index (χ1) is 10.1. The van der Waals surface area contributed by atoms with Gasteiger partial charge in [-0.1, -0.05) is 11.8 Å². The van der Waals surface area contributed by atoms with Crippen LogP contribution in [0.25, 0.3) is 0 Å². The van der Waals surface area contributed by atoms with Crippen LogP contribution in [0, 0.1) is 11.8 Å². The number of methoxy groups -OCH3 is 1. The van der Waals surface area contributed by atoms with E-state index in [1.165, 1.54) is 0 Å². The molecule has 0 aromatic carbocycles. The van der Waals surface area contributed by atoms with Gasteiger partial charge >= 0.3 is 0 Å². The van der Waals surface area contributed by atoms with E-state index in [1.54, 1.807) is 30.3 Å². The highest BCUT2D eigenvalue weighted by molar-refractivity contribution is 5.95. The first-order valence-electron chi connectivity index (χ1n) is 6.96. The molecule has 1 rings (SSSR count). The van der Waals surface area contributed by atoms with Gasteiger partial charge in [-0.15, -0.1) is 0 Å². The van der Waals surface area contributed by atoms with Gasteiger partial charge in [-0.25, -0.2) is 4.98 Å². The van der Waals surface area contributed by atoms with Gasteiger partial charge in [-0.3, -0.25) is 4.79 Å². The lowest BCUT2D eigenvalue weighted by molar-refractivity contribution is 0.0629. The number of hydrogen-bond acceptors (Lipinski definition) is 4. The van der Waals surface area contributed by atoms with Crippen LogP contribution in [0.3, 0.4) is 0 Å². The molecule has 5 nitrogen and oxygen atoms in total. The Morgan fingerprint density at radius 1 is 1.52 bits per heavy atom. The van der Waals surface area contributed by atoms with Crippen LogP contribution in [0.4, 0.5) is 0 Å². The Balaban J connectivity index is 3.02. The molecule has 0 radical (unpaired) electrons. The zero-order chi connectivity index (χ0) is 15.7. The van der Waals surface area contributed by atoms with E-state index in [4.69, 9.17) is 9.84 Å². The van der Waals surface area contributed by atoms with Crippen molar-refractivity contribution in [1.82, 2.24) is 9.88 Å². The van der Waals surface area contributed by atoms with Crippen LogP contribution in [0.15, 0.2) is 18.3 Å². The maximum atomic E-state index is 12.6. The fourth-order valence-electron chi connectivity index (χ4n) is 1.81. The normalized spacial score (nSPS) is 10.1. The smallest absolute Gasteiger partial charge is 0.274 e. The lowest BCUT2D eigenvalue weighted by atomic mass is 10.1. The van der Waals surface area contributed by atoms with Crippen molar-refractivity contribution in [3.05, 3.63) is 29.6 Å². The van der Waals surface area contributed by atoms with Gasteiger partial charge in [0.2, 0.25) is 0 Å². The van der Waals surface area contributed by atoms with Gasteiger partial charge in [0, 0.05) is 32.3 Å². The van der Waals surface area contributed by atoms with E-state index < -0.39 is 0 Å². The Hall–Kier alpha value is -1.90. The Labute approximate surface area is 125 Å². The molecule has 0 saturated heterocycles. The summed E-state index contributed by atoms with van der Waals surface area (Å²) in [5.41, 5.74) is 0.923. The summed E-state index contributed by atoms with van der Waals surface area (Å²) in [6.45, 7) is 4.89. The molecular weight excluding hydrogens is 268 g/mol. The topological polar surface area (TPSA) is 62.7 Å². The highest BCUT2D eigenvalue weighted by Gasteiger charge is 2.21. The van der Waals surface area contributed by atoms with Crippen LogP contribution in [-0.4, -0.2) is 53.8 Å². The zero-order valence-corrected chi connectivity index (χ0v) is 12.8. The van der Waals surface area contributed by atoms with E-state index in [0.29, 0.717) is 30.8 Å². The molecule has 1 aromatic rings. The molecule has 21 heavy (non-hydrogen) atoms. The molecule has 1 N–H and O–H groups in total. The van der Waals surface area contributed by atoms with Crippen molar-refractivity contribution in [2.75, 3.05) is 26.9 Å². The largest absolute Gasteiger partial charge is 0.395 e. The average molecular weight is 290 g/mol.